The number of fused-ring (bicyclic) bond motifs is 1. The molecule has 0 N–H and O–H groups in total. The lowest BCUT2D eigenvalue weighted by Gasteiger charge is -2.45. The molecule has 1 aromatic heterocycles. The van der Waals surface area contributed by atoms with Crippen molar-refractivity contribution in [2.24, 2.45) is 13.0 Å². The third-order valence-electron chi connectivity index (χ3n) is 5.93. The van der Waals surface area contributed by atoms with Crippen molar-refractivity contribution in [1.82, 2.24) is 14.7 Å². The minimum Gasteiger partial charge on any atom is -0.368 e. The minimum atomic E-state index is -0.0541. The van der Waals surface area contributed by atoms with Crippen LogP contribution in [0, 0.1) is 5.92 Å². The van der Waals surface area contributed by atoms with Gasteiger partial charge in [0.2, 0.25) is 5.91 Å². The summed E-state index contributed by atoms with van der Waals surface area (Å²) in [5, 5.41) is 4.35. The standard InChI is InChI=1S/C18H27N3O2/c1-13-11-21(12-18(23-13)7-3-4-8-18)17(22)14-5-6-16-15(9-14)10-19-20(16)2/h10,13-14H,3-9,11-12H2,1-2H3. The van der Waals surface area contributed by atoms with Crippen LogP contribution in [-0.4, -0.2) is 45.4 Å². The Hall–Kier alpha value is -1.36. The molecular weight excluding hydrogens is 290 g/mol. The summed E-state index contributed by atoms with van der Waals surface area (Å²) >= 11 is 0. The molecule has 0 radical (unpaired) electrons. The monoisotopic (exact) mass is 317 g/mol. The van der Waals surface area contributed by atoms with Crippen LogP contribution in [0.1, 0.15) is 50.3 Å². The smallest absolute Gasteiger partial charge is 0.226 e. The van der Waals surface area contributed by atoms with Gasteiger partial charge in [0.25, 0.3) is 0 Å². The van der Waals surface area contributed by atoms with Crippen molar-refractivity contribution in [3.05, 3.63) is 17.5 Å². The third kappa shape index (κ3) is 2.69. The molecule has 2 aliphatic carbocycles. The number of hydrogen-bond donors (Lipinski definition) is 0. The first-order valence-corrected chi connectivity index (χ1v) is 9.03. The molecule has 4 rings (SSSR count). The van der Waals surface area contributed by atoms with Crippen LogP contribution in [0.5, 0.6) is 0 Å². The molecule has 1 aromatic rings. The van der Waals surface area contributed by atoms with Crippen molar-refractivity contribution in [3.63, 3.8) is 0 Å². The number of carbonyl (C=O) groups excluding carboxylic acids is 1. The van der Waals surface area contributed by atoms with Crippen molar-refractivity contribution >= 4 is 5.91 Å². The van der Waals surface area contributed by atoms with Crippen molar-refractivity contribution in [2.45, 2.75) is 63.6 Å². The molecule has 5 heteroatoms. The summed E-state index contributed by atoms with van der Waals surface area (Å²) in [6.07, 6.45) is 9.54. The molecule has 1 amide bonds. The fraction of sp³-hybridized carbons (Fsp3) is 0.778. The summed E-state index contributed by atoms with van der Waals surface area (Å²) in [4.78, 5) is 15.2. The van der Waals surface area contributed by atoms with Gasteiger partial charge in [-0.3, -0.25) is 9.48 Å². The molecule has 2 unspecified atom stereocenters. The van der Waals surface area contributed by atoms with E-state index in [0.717, 1.165) is 45.2 Å². The van der Waals surface area contributed by atoms with Crippen molar-refractivity contribution in [1.29, 1.82) is 0 Å². The maximum absolute atomic E-state index is 13.1. The summed E-state index contributed by atoms with van der Waals surface area (Å²) < 4.78 is 8.21. The van der Waals surface area contributed by atoms with E-state index < -0.39 is 0 Å². The number of rotatable bonds is 1. The highest BCUT2D eigenvalue weighted by molar-refractivity contribution is 5.79. The molecule has 1 saturated heterocycles. The van der Waals surface area contributed by atoms with E-state index in [4.69, 9.17) is 4.74 Å². The Balaban J connectivity index is 1.48. The van der Waals surface area contributed by atoms with Crippen LogP contribution in [0.15, 0.2) is 6.20 Å². The van der Waals surface area contributed by atoms with Crippen molar-refractivity contribution in [2.75, 3.05) is 13.1 Å². The second kappa shape index (κ2) is 5.62. The Labute approximate surface area is 138 Å². The molecule has 3 aliphatic rings. The second-order valence-electron chi connectivity index (χ2n) is 7.72. The molecule has 2 heterocycles. The van der Waals surface area contributed by atoms with Gasteiger partial charge in [0.15, 0.2) is 0 Å². The maximum Gasteiger partial charge on any atom is 0.226 e. The van der Waals surface area contributed by atoms with Crippen LogP contribution in [0.3, 0.4) is 0 Å². The summed E-state index contributed by atoms with van der Waals surface area (Å²) in [7, 11) is 1.99. The fourth-order valence-corrected chi connectivity index (χ4v) is 4.84. The number of carbonyl (C=O) groups is 1. The van der Waals surface area contributed by atoms with Gasteiger partial charge in [-0.2, -0.15) is 5.10 Å². The van der Waals surface area contributed by atoms with E-state index in [1.165, 1.54) is 24.1 Å². The van der Waals surface area contributed by atoms with Crippen molar-refractivity contribution < 1.29 is 9.53 Å². The number of aryl methyl sites for hydroxylation is 1. The lowest BCUT2D eigenvalue weighted by molar-refractivity contribution is -0.168. The van der Waals surface area contributed by atoms with Gasteiger partial charge < -0.3 is 9.64 Å². The highest BCUT2D eigenvalue weighted by Crippen LogP contribution is 2.38. The third-order valence-corrected chi connectivity index (χ3v) is 5.93. The van der Waals surface area contributed by atoms with E-state index in [1.54, 1.807) is 0 Å². The average Bonchev–Trinajstić information content (AvgIpc) is 3.13. The lowest BCUT2D eigenvalue weighted by atomic mass is 9.86. The molecule has 1 spiro atoms. The van der Waals surface area contributed by atoms with Crippen LogP contribution in [0.4, 0.5) is 0 Å². The van der Waals surface area contributed by atoms with E-state index in [1.807, 2.05) is 17.9 Å². The zero-order valence-corrected chi connectivity index (χ0v) is 14.3. The Morgan fingerprint density at radius 2 is 2.17 bits per heavy atom. The van der Waals surface area contributed by atoms with E-state index in [9.17, 15) is 4.79 Å². The maximum atomic E-state index is 13.1. The number of ether oxygens (including phenoxy) is 1. The summed E-state index contributed by atoms with van der Waals surface area (Å²) in [5.74, 6) is 0.455. The number of amides is 1. The zero-order valence-electron chi connectivity index (χ0n) is 14.3. The van der Waals surface area contributed by atoms with Gasteiger partial charge in [-0.25, -0.2) is 0 Å². The van der Waals surface area contributed by atoms with E-state index >= 15 is 0 Å². The molecule has 1 saturated carbocycles. The summed E-state index contributed by atoms with van der Waals surface area (Å²) in [6, 6.07) is 0. The first kappa shape index (κ1) is 15.2. The normalized spacial score (nSPS) is 29.7. The topological polar surface area (TPSA) is 47.4 Å². The van der Waals surface area contributed by atoms with E-state index in [0.29, 0.717) is 5.91 Å². The van der Waals surface area contributed by atoms with Gasteiger partial charge in [0.05, 0.1) is 17.9 Å². The van der Waals surface area contributed by atoms with Crippen molar-refractivity contribution in [3.8, 4) is 0 Å². The Morgan fingerprint density at radius 1 is 1.39 bits per heavy atom. The van der Waals surface area contributed by atoms with Crippen LogP contribution >= 0.6 is 0 Å². The Kier molecular flexibility index (Phi) is 3.71. The second-order valence-corrected chi connectivity index (χ2v) is 7.72. The highest BCUT2D eigenvalue weighted by Gasteiger charge is 2.44. The number of morpholine rings is 1. The molecule has 126 valence electrons. The largest absolute Gasteiger partial charge is 0.368 e. The van der Waals surface area contributed by atoms with Crippen LogP contribution in [0.2, 0.25) is 0 Å². The van der Waals surface area contributed by atoms with Crippen LogP contribution in [0.25, 0.3) is 0 Å². The minimum absolute atomic E-state index is 0.0541. The van der Waals surface area contributed by atoms with Gasteiger partial charge in [0, 0.05) is 31.7 Å². The highest BCUT2D eigenvalue weighted by atomic mass is 16.5. The molecule has 5 nitrogen and oxygen atoms in total. The Morgan fingerprint density at radius 3 is 2.96 bits per heavy atom. The lowest BCUT2D eigenvalue weighted by Crippen LogP contribution is -2.56. The first-order valence-electron chi connectivity index (χ1n) is 9.03. The van der Waals surface area contributed by atoms with Gasteiger partial charge in [-0.15, -0.1) is 0 Å². The molecule has 0 aromatic carbocycles. The van der Waals surface area contributed by atoms with Gasteiger partial charge in [-0.05, 0) is 44.6 Å². The van der Waals surface area contributed by atoms with Gasteiger partial charge >= 0.3 is 0 Å². The summed E-state index contributed by atoms with van der Waals surface area (Å²) in [5.41, 5.74) is 2.51. The van der Waals surface area contributed by atoms with Gasteiger partial charge in [-0.1, -0.05) is 12.8 Å². The van der Waals surface area contributed by atoms with Gasteiger partial charge in [0.1, 0.15) is 0 Å². The summed E-state index contributed by atoms with van der Waals surface area (Å²) in [6.45, 7) is 3.66. The molecule has 2 fully saturated rings. The predicted molar refractivity (Wildman–Crippen MR) is 87.0 cm³/mol. The van der Waals surface area contributed by atoms with Crippen LogP contribution in [-0.2, 0) is 29.4 Å². The van der Waals surface area contributed by atoms with E-state index in [2.05, 4.69) is 16.9 Å². The fourth-order valence-electron chi connectivity index (χ4n) is 4.84. The van der Waals surface area contributed by atoms with E-state index in [-0.39, 0.29) is 17.6 Å². The average molecular weight is 317 g/mol. The molecule has 23 heavy (non-hydrogen) atoms. The predicted octanol–water partition coefficient (Wildman–Crippen LogP) is 2.09. The number of nitrogens with zero attached hydrogens (tertiary/aromatic N) is 3. The molecule has 2 atom stereocenters. The Bertz CT molecular complexity index is 603. The molecule has 0 bridgehead atoms. The first-order chi connectivity index (χ1) is 11.1. The SMILES string of the molecule is CC1CN(C(=O)C2CCc3c(cnn3C)C2)CC2(CCCC2)O1. The van der Waals surface area contributed by atoms with Crippen LogP contribution < -0.4 is 0 Å². The zero-order chi connectivity index (χ0) is 16.0. The number of aromatic nitrogens is 2. The quantitative estimate of drug-likeness (QED) is 0.797. The molecular formula is C18H27N3O2. The number of hydrogen-bond acceptors (Lipinski definition) is 3. The molecule has 1 aliphatic heterocycles.